The van der Waals surface area contributed by atoms with Crippen molar-refractivity contribution in [2.24, 2.45) is 0 Å². The Kier molecular flexibility index (Phi) is 5.46. The molecule has 8 heteroatoms. The molecular formula is C12H17FN2O4S. The van der Waals surface area contributed by atoms with Crippen LogP contribution in [0.5, 0.6) is 0 Å². The lowest BCUT2D eigenvalue weighted by atomic mass is 10.3. The smallest absolute Gasteiger partial charge is 0.321 e. The summed E-state index contributed by atoms with van der Waals surface area (Å²) in [6.07, 6.45) is 0.501. The van der Waals surface area contributed by atoms with Crippen molar-refractivity contribution in [3.8, 4) is 0 Å². The van der Waals surface area contributed by atoms with E-state index in [1.807, 2.05) is 0 Å². The van der Waals surface area contributed by atoms with Crippen LogP contribution in [0.25, 0.3) is 0 Å². The van der Waals surface area contributed by atoms with E-state index in [2.05, 4.69) is 4.74 Å². The number of methoxy groups -OCH3 is 1. The fourth-order valence-corrected chi connectivity index (χ4v) is 3.17. The Morgan fingerprint density at radius 2 is 2.05 bits per heavy atom. The second-order valence-corrected chi connectivity index (χ2v) is 6.07. The molecular weight excluding hydrogens is 287 g/mol. The molecule has 0 radical (unpaired) electrons. The molecule has 0 amide bonds. The average molecular weight is 304 g/mol. The molecule has 0 saturated carbocycles. The number of nitrogens with zero attached hydrogens (tertiary/aromatic N) is 1. The molecule has 0 spiro atoms. The summed E-state index contributed by atoms with van der Waals surface area (Å²) in [5.41, 5.74) is 5.44. The molecule has 0 atom stereocenters. The van der Waals surface area contributed by atoms with Crippen LogP contribution >= 0.6 is 0 Å². The van der Waals surface area contributed by atoms with Crippen LogP contribution in [0, 0.1) is 5.82 Å². The van der Waals surface area contributed by atoms with Gasteiger partial charge < -0.3 is 10.5 Å². The highest BCUT2D eigenvalue weighted by Gasteiger charge is 2.27. The number of rotatable bonds is 6. The third kappa shape index (κ3) is 3.91. The van der Waals surface area contributed by atoms with E-state index in [9.17, 15) is 17.6 Å². The molecule has 112 valence electrons. The molecule has 0 aliphatic heterocycles. The minimum absolute atomic E-state index is 0.00177. The van der Waals surface area contributed by atoms with Gasteiger partial charge in [0, 0.05) is 12.2 Å². The SMILES string of the molecule is CCCN(CC(=O)OC)S(=O)(=O)c1cc(N)cc(F)c1. The van der Waals surface area contributed by atoms with Crippen LogP contribution < -0.4 is 5.73 Å². The summed E-state index contributed by atoms with van der Waals surface area (Å²) in [6, 6.07) is 3.04. The number of hydrogen-bond donors (Lipinski definition) is 1. The zero-order valence-electron chi connectivity index (χ0n) is 11.3. The largest absolute Gasteiger partial charge is 0.468 e. The number of halogens is 1. The van der Waals surface area contributed by atoms with Gasteiger partial charge in [-0.1, -0.05) is 6.92 Å². The minimum Gasteiger partial charge on any atom is -0.468 e. The van der Waals surface area contributed by atoms with Gasteiger partial charge in [-0.05, 0) is 24.6 Å². The zero-order chi connectivity index (χ0) is 15.3. The lowest BCUT2D eigenvalue weighted by molar-refractivity contribution is -0.140. The summed E-state index contributed by atoms with van der Waals surface area (Å²) >= 11 is 0. The maximum absolute atomic E-state index is 13.3. The highest BCUT2D eigenvalue weighted by atomic mass is 32.2. The molecule has 0 unspecified atom stereocenters. The van der Waals surface area contributed by atoms with Gasteiger partial charge in [0.1, 0.15) is 12.4 Å². The van der Waals surface area contributed by atoms with Crippen molar-refractivity contribution in [1.29, 1.82) is 0 Å². The fraction of sp³-hybridized carbons (Fsp3) is 0.417. The molecule has 0 saturated heterocycles. The summed E-state index contributed by atoms with van der Waals surface area (Å²) in [6.45, 7) is 1.46. The first-order valence-corrected chi connectivity index (χ1v) is 7.38. The van der Waals surface area contributed by atoms with Gasteiger partial charge in [-0.3, -0.25) is 4.79 Å². The minimum atomic E-state index is -4.00. The van der Waals surface area contributed by atoms with Gasteiger partial charge in [0.2, 0.25) is 10.0 Å². The molecule has 0 fully saturated rings. The molecule has 0 aromatic heterocycles. The Morgan fingerprint density at radius 3 is 2.55 bits per heavy atom. The van der Waals surface area contributed by atoms with Crippen LogP contribution in [0.3, 0.4) is 0 Å². The highest BCUT2D eigenvalue weighted by Crippen LogP contribution is 2.20. The number of carbonyl (C=O) groups excluding carboxylic acids is 1. The van der Waals surface area contributed by atoms with E-state index in [1.54, 1.807) is 6.92 Å². The average Bonchev–Trinajstić information content (AvgIpc) is 2.36. The van der Waals surface area contributed by atoms with Gasteiger partial charge in [-0.2, -0.15) is 4.31 Å². The number of sulfonamides is 1. The van der Waals surface area contributed by atoms with Crippen LogP contribution in [0.1, 0.15) is 13.3 Å². The summed E-state index contributed by atoms with van der Waals surface area (Å²) in [5.74, 6) is -1.44. The lowest BCUT2D eigenvalue weighted by Crippen LogP contribution is -2.36. The maximum Gasteiger partial charge on any atom is 0.321 e. The quantitative estimate of drug-likeness (QED) is 0.625. The molecule has 0 aliphatic carbocycles. The van der Waals surface area contributed by atoms with Crippen LogP contribution in [0.15, 0.2) is 23.1 Å². The number of carbonyl (C=O) groups is 1. The first-order chi connectivity index (χ1) is 9.31. The van der Waals surface area contributed by atoms with Crippen molar-refractivity contribution < 1.29 is 22.3 Å². The fourth-order valence-electron chi connectivity index (χ4n) is 1.62. The Bertz CT molecular complexity index is 569. The lowest BCUT2D eigenvalue weighted by Gasteiger charge is -2.20. The van der Waals surface area contributed by atoms with Crippen LogP contribution in [0.4, 0.5) is 10.1 Å². The van der Waals surface area contributed by atoms with Gasteiger partial charge in [0.25, 0.3) is 0 Å². The first-order valence-electron chi connectivity index (χ1n) is 5.94. The Morgan fingerprint density at radius 1 is 1.40 bits per heavy atom. The summed E-state index contributed by atoms with van der Waals surface area (Å²) < 4.78 is 43.4. The predicted octanol–water partition coefficient (Wildman–Crippen LogP) is 0.982. The third-order valence-corrected chi connectivity index (χ3v) is 4.36. The van der Waals surface area contributed by atoms with Crippen molar-refractivity contribution in [3.05, 3.63) is 24.0 Å². The van der Waals surface area contributed by atoms with Gasteiger partial charge in [0.05, 0.1) is 12.0 Å². The van der Waals surface area contributed by atoms with E-state index in [4.69, 9.17) is 5.73 Å². The number of hydrogen-bond acceptors (Lipinski definition) is 5. The summed E-state index contributed by atoms with van der Waals surface area (Å²) in [5, 5.41) is 0. The first kappa shape index (κ1) is 16.4. The van der Waals surface area contributed by atoms with Gasteiger partial charge in [-0.15, -0.1) is 0 Å². The van der Waals surface area contributed by atoms with Crippen molar-refractivity contribution >= 4 is 21.7 Å². The van der Waals surface area contributed by atoms with Crippen molar-refractivity contribution in [2.45, 2.75) is 18.2 Å². The number of anilines is 1. The number of benzene rings is 1. The number of ether oxygens (including phenoxy) is 1. The second-order valence-electron chi connectivity index (χ2n) is 4.13. The molecule has 1 aromatic rings. The van der Waals surface area contributed by atoms with E-state index in [0.717, 1.165) is 22.5 Å². The molecule has 0 aliphatic rings. The molecule has 20 heavy (non-hydrogen) atoms. The topological polar surface area (TPSA) is 89.7 Å². The zero-order valence-corrected chi connectivity index (χ0v) is 12.1. The highest BCUT2D eigenvalue weighted by molar-refractivity contribution is 7.89. The molecule has 6 nitrogen and oxygen atoms in total. The van der Waals surface area contributed by atoms with E-state index >= 15 is 0 Å². The molecule has 1 rings (SSSR count). The predicted molar refractivity (Wildman–Crippen MR) is 71.9 cm³/mol. The number of nitrogens with two attached hydrogens (primary N) is 1. The van der Waals surface area contributed by atoms with E-state index in [1.165, 1.54) is 7.11 Å². The number of nitrogen functional groups attached to an aromatic ring is 1. The van der Waals surface area contributed by atoms with E-state index in [0.29, 0.717) is 6.42 Å². The van der Waals surface area contributed by atoms with E-state index in [-0.39, 0.29) is 17.1 Å². The van der Waals surface area contributed by atoms with Crippen molar-refractivity contribution in [3.63, 3.8) is 0 Å². The van der Waals surface area contributed by atoms with Crippen molar-refractivity contribution in [1.82, 2.24) is 4.31 Å². The molecule has 2 N–H and O–H groups in total. The molecule has 0 bridgehead atoms. The normalized spacial score (nSPS) is 11.6. The van der Waals surface area contributed by atoms with Gasteiger partial charge in [0.15, 0.2) is 0 Å². The standard InChI is InChI=1S/C12H17FN2O4S/c1-3-4-15(8-12(16)19-2)20(17,18)11-6-9(13)5-10(14)7-11/h5-7H,3-4,8,14H2,1-2H3. The summed E-state index contributed by atoms with van der Waals surface area (Å²) in [4.78, 5) is 11.0. The van der Waals surface area contributed by atoms with E-state index < -0.39 is 28.4 Å². The Hall–Kier alpha value is -1.67. The third-order valence-electron chi connectivity index (χ3n) is 2.54. The summed E-state index contributed by atoms with van der Waals surface area (Å²) in [7, 11) is -2.83. The van der Waals surface area contributed by atoms with Crippen LogP contribution in [0.2, 0.25) is 0 Å². The number of esters is 1. The molecule has 0 heterocycles. The monoisotopic (exact) mass is 304 g/mol. The van der Waals surface area contributed by atoms with Gasteiger partial charge >= 0.3 is 5.97 Å². The van der Waals surface area contributed by atoms with Gasteiger partial charge in [-0.25, -0.2) is 12.8 Å². The molecule has 1 aromatic carbocycles. The van der Waals surface area contributed by atoms with Crippen molar-refractivity contribution in [2.75, 3.05) is 25.9 Å². The van der Waals surface area contributed by atoms with Crippen LogP contribution in [-0.4, -0.2) is 38.9 Å². The Labute approximate surface area is 117 Å². The Balaban J connectivity index is 3.18. The maximum atomic E-state index is 13.3. The van der Waals surface area contributed by atoms with Crippen LogP contribution in [-0.2, 0) is 19.6 Å². The second kappa shape index (κ2) is 6.67.